The summed E-state index contributed by atoms with van der Waals surface area (Å²) in [7, 11) is 0. The normalized spacial score (nSPS) is 28.1. The van der Waals surface area contributed by atoms with Crippen molar-refractivity contribution in [3.8, 4) is 0 Å². The van der Waals surface area contributed by atoms with E-state index in [1.807, 2.05) is 0 Å². The van der Waals surface area contributed by atoms with Crippen LogP contribution >= 0.6 is 11.5 Å². The van der Waals surface area contributed by atoms with E-state index < -0.39 is 5.97 Å². The molecule has 1 heterocycles. The number of aromatic carboxylic acids is 1. The minimum atomic E-state index is -0.889. The van der Waals surface area contributed by atoms with Crippen molar-refractivity contribution >= 4 is 22.5 Å². The fourth-order valence-corrected chi connectivity index (χ4v) is 3.52. The topological polar surface area (TPSA) is 62.2 Å². The van der Waals surface area contributed by atoms with Gasteiger partial charge in [-0.1, -0.05) is 26.7 Å². The second-order valence-corrected chi connectivity index (χ2v) is 6.07. The summed E-state index contributed by atoms with van der Waals surface area (Å²) in [6.45, 7) is 6.27. The van der Waals surface area contributed by atoms with E-state index in [1.165, 1.54) is 24.4 Å². The molecule has 1 aliphatic carbocycles. The van der Waals surface area contributed by atoms with Crippen LogP contribution in [0.1, 0.15) is 49.2 Å². The fraction of sp³-hybridized carbons (Fsp3) is 0.692. The molecular formula is C13H20N2O2S. The molecule has 0 spiro atoms. The summed E-state index contributed by atoms with van der Waals surface area (Å²) in [5, 5.41) is 13.3. The molecule has 100 valence electrons. The SMILES string of the molecule is Cc1nsc(NC2CCCC(C)C2C)c1C(=O)O. The van der Waals surface area contributed by atoms with Crippen LogP contribution in [-0.4, -0.2) is 21.5 Å². The van der Waals surface area contributed by atoms with Crippen LogP contribution in [0.25, 0.3) is 0 Å². The average molecular weight is 268 g/mol. The lowest BCUT2D eigenvalue weighted by Gasteiger charge is -2.34. The molecule has 0 aromatic carbocycles. The van der Waals surface area contributed by atoms with Crippen molar-refractivity contribution in [2.24, 2.45) is 11.8 Å². The first kappa shape index (κ1) is 13.3. The fourth-order valence-electron chi connectivity index (χ4n) is 2.67. The van der Waals surface area contributed by atoms with Gasteiger partial charge in [-0.15, -0.1) is 0 Å². The minimum absolute atomic E-state index is 0.338. The molecule has 0 radical (unpaired) electrons. The maximum Gasteiger partial charge on any atom is 0.340 e. The Labute approximate surface area is 112 Å². The van der Waals surface area contributed by atoms with Crippen molar-refractivity contribution in [1.82, 2.24) is 4.37 Å². The zero-order chi connectivity index (χ0) is 13.3. The molecule has 1 saturated carbocycles. The van der Waals surface area contributed by atoms with Gasteiger partial charge in [-0.25, -0.2) is 4.79 Å². The molecule has 5 heteroatoms. The average Bonchev–Trinajstić information content (AvgIpc) is 2.66. The van der Waals surface area contributed by atoms with Gasteiger partial charge in [0.1, 0.15) is 10.6 Å². The molecule has 0 aliphatic heterocycles. The number of rotatable bonds is 3. The van der Waals surface area contributed by atoms with Crippen LogP contribution in [0.5, 0.6) is 0 Å². The molecule has 3 atom stereocenters. The maximum absolute atomic E-state index is 11.2. The molecule has 0 amide bonds. The predicted octanol–water partition coefficient (Wildman–Crippen LogP) is 3.39. The second kappa shape index (κ2) is 5.26. The summed E-state index contributed by atoms with van der Waals surface area (Å²) >= 11 is 1.26. The summed E-state index contributed by atoms with van der Waals surface area (Å²) in [4.78, 5) is 11.2. The number of hydrogen-bond donors (Lipinski definition) is 2. The van der Waals surface area contributed by atoms with Gasteiger partial charge in [0.15, 0.2) is 0 Å². The standard InChI is InChI=1S/C13H20N2O2S/c1-7-5-4-6-10(8(7)2)14-12-11(13(16)17)9(3)15-18-12/h7-8,10,14H,4-6H2,1-3H3,(H,16,17). The van der Waals surface area contributed by atoms with Crippen molar-refractivity contribution in [3.05, 3.63) is 11.3 Å². The molecule has 1 fully saturated rings. The highest BCUT2D eigenvalue weighted by molar-refractivity contribution is 7.10. The highest BCUT2D eigenvalue weighted by atomic mass is 32.1. The van der Waals surface area contributed by atoms with Gasteiger partial charge in [-0.3, -0.25) is 0 Å². The van der Waals surface area contributed by atoms with Gasteiger partial charge in [-0.05, 0) is 36.7 Å². The van der Waals surface area contributed by atoms with Crippen molar-refractivity contribution in [1.29, 1.82) is 0 Å². The largest absolute Gasteiger partial charge is 0.478 e. The molecule has 3 unspecified atom stereocenters. The number of nitrogens with one attached hydrogen (secondary N) is 1. The van der Waals surface area contributed by atoms with Gasteiger partial charge in [0.2, 0.25) is 0 Å². The van der Waals surface area contributed by atoms with Gasteiger partial charge in [0.05, 0.1) is 5.69 Å². The lowest BCUT2D eigenvalue weighted by Crippen LogP contribution is -2.35. The zero-order valence-corrected chi connectivity index (χ0v) is 11.9. The molecule has 2 rings (SSSR count). The predicted molar refractivity (Wildman–Crippen MR) is 73.4 cm³/mol. The van der Waals surface area contributed by atoms with E-state index in [2.05, 4.69) is 23.5 Å². The summed E-state index contributed by atoms with van der Waals surface area (Å²) in [6, 6.07) is 0.367. The van der Waals surface area contributed by atoms with Crippen molar-refractivity contribution in [2.75, 3.05) is 5.32 Å². The van der Waals surface area contributed by atoms with Crippen LogP contribution in [0.2, 0.25) is 0 Å². The highest BCUT2D eigenvalue weighted by Gasteiger charge is 2.29. The quantitative estimate of drug-likeness (QED) is 0.882. The summed E-state index contributed by atoms with van der Waals surface area (Å²) in [5.41, 5.74) is 0.942. The zero-order valence-electron chi connectivity index (χ0n) is 11.1. The first-order valence-corrected chi connectivity index (χ1v) is 7.24. The van der Waals surface area contributed by atoms with Crippen LogP contribution < -0.4 is 5.32 Å². The van der Waals surface area contributed by atoms with E-state index in [1.54, 1.807) is 6.92 Å². The smallest absolute Gasteiger partial charge is 0.340 e. The Morgan fingerprint density at radius 3 is 2.83 bits per heavy atom. The van der Waals surface area contributed by atoms with Crippen LogP contribution in [0, 0.1) is 18.8 Å². The van der Waals surface area contributed by atoms with Gasteiger partial charge in [-0.2, -0.15) is 4.37 Å². The molecule has 0 bridgehead atoms. The molecule has 1 aromatic heterocycles. The van der Waals surface area contributed by atoms with Crippen LogP contribution in [0.3, 0.4) is 0 Å². The van der Waals surface area contributed by atoms with E-state index >= 15 is 0 Å². The Hall–Kier alpha value is -1.10. The molecule has 0 saturated heterocycles. The molecule has 2 N–H and O–H groups in total. The van der Waals surface area contributed by atoms with Crippen LogP contribution in [-0.2, 0) is 0 Å². The van der Waals surface area contributed by atoms with Crippen molar-refractivity contribution < 1.29 is 9.90 Å². The number of carboxylic acid groups (broad SMARTS) is 1. The minimum Gasteiger partial charge on any atom is -0.478 e. The Morgan fingerprint density at radius 2 is 2.17 bits per heavy atom. The molecule has 1 aromatic rings. The lowest BCUT2D eigenvalue weighted by molar-refractivity contribution is 0.0697. The van der Waals surface area contributed by atoms with Crippen molar-refractivity contribution in [3.63, 3.8) is 0 Å². The van der Waals surface area contributed by atoms with Gasteiger partial charge < -0.3 is 10.4 Å². The summed E-state index contributed by atoms with van der Waals surface area (Å²) < 4.78 is 4.15. The lowest BCUT2D eigenvalue weighted by atomic mass is 9.78. The first-order chi connectivity index (χ1) is 8.50. The van der Waals surface area contributed by atoms with Gasteiger partial charge >= 0.3 is 5.97 Å². The van der Waals surface area contributed by atoms with Crippen LogP contribution in [0.15, 0.2) is 0 Å². The Kier molecular flexibility index (Phi) is 3.90. The van der Waals surface area contributed by atoms with Gasteiger partial charge in [0.25, 0.3) is 0 Å². The molecule has 1 aliphatic rings. The Morgan fingerprint density at radius 1 is 1.44 bits per heavy atom. The second-order valence-electron chi connectivity index (χ2n) is 5.30. The van der Waals surface area contributed by atoms with E-state index in [4.69, 9.17) is 0 Å². The molecular weight excluding hydrogens is 248 g/mol. The number of anilines is 1. The molecule has 18 heavy (non-hydrogen) atoms. The summed E-state index contributed by atoms with van der Waals surface area (Å²) in [6.07, 6.45) is 3.59. The number of aryl methyl sites for hydroxylation is 1. The van der Waals surface area contributed by atoms with Gasteiger partial charge in [0, 0.05) is 6.04 Å². The Bertz CT molecular complexity index is 444. The first-order valence-electron chi connectivity index (χ1n) is 6.46. The summed E-state index contributed by atoms with van der Waals surface area (Å²) in [5.74, 6) is 0.376. The van der Waals surface area contributed by atoms with Crippen molar-refractivity contribution in [2.45, 2.75) is 46.1 Å². The van der Waals surface area contributed by atoms with E-state index in [9.17, 15) is 9.90 Å². The third-order valence-electron chi connectivity index (χ3n) is 4.10. The van der Waals surface area contributed by atoms with Crippen LogP contribution in [0.4, 0.5) is 5.00 Å². The van der Waals surface area contributed by atoms with E-state index in [0.717, 1.165) is 6.42 Å². The Balaban J connectivity index is 2.16. The third kappa shape index (κ3) is 2.51. The number of carboxylic acids is 1. The van der Waals surface area contributed by atoms with E-state index in [-0.39, 0.29) is 0 Å². The highest BCUT2D eigenvalue weighted by Crippen LogP contribution is 2.34. The van der Waals surface area contributed by atoms with E-state index in [0.29, 0.717) is 34.1 Å². The molecule has 4 nitrogen and oxygen atoms in total. The number of nitrogens with zero attached hydrogens (tertiary/aromatic N) is 1. The number of hydrogen-bond acceptors (Lipinski definition) is 4. The maximum atomic E-state index is 11.2. The number of carbonyl (C=O) groups is 1. The monoisotopic (exact) mass is 268 g/mol. The number of aromatic nitrogens is 1. The third-order valence-corrected chi connectivity index (χ3v) is 4.97.